The maximum absolute atomic E-state index is 2.79. The van der Waals surface area contributed by atoms with Gasteiger partial charge in [-0.05, 0) is 37.2 Å². The Morgan fingerprint density at radius 2 is 1.73 bits per heavy atom. The molecular weight excluding hydrogens is 266 g/mol. The van der Waals surface area contributed by atoms with Gasteiger partial charge in [-0.15, -0.1) is 0 Å². The van der Waals surface area contributed by atoms with Crippen LogP contribution in [0.25, 0.3) is 0 Å². The number of fused-ring (bicyclic) bond motifs is 2. The van der Waals surface area contributed by atoms with Gasteiger partial charge in [0.15, 0.2) is 0 Å². The number of hydrogen-bond donors (Lipinski definition) is 0. The first-order valence-corrected chi connectivity index (χ1v) is 9.38. The standard InChI is InChI=1S/C21H29N/c1-2-9-18(10-3-1)16-22-20-11-6-12-21(22)15-19(14-20)13-17-7-4-5-8-17/h1-3,9-10,14,17,20-21H,4-8,11-13,15-16H2. The summed E-state index contributed by atoms with van der Waals surface area (Å²) in [7, 11) is 0. The van der Waals surface area contributed by atoms with Gasteiger partial charge >= 0.3 is 0 Å². The summed E-state index contributed by atoms with van der Waals surface area (Å²) in [6.45, 7) is 1.14. The van der Waals surface area contributed by atoms with E-state index in [9.17, 15) is 0 Å². The zero-order chi connectivity index (χ0) is 14.8. The minimum Gasteiger partial charge on any atom is -0.289 e. The molecule has 1 aliphatic carbocycles. The topological polar surface area (TPSA) is 3.24 Å². The lowest BCUT2D eigenvalue weighted by Crippen LogP contribution is -2.48. The van der Waals surface area contributed by atoms with Crippen LogP contribution >= 0.6 is 0 Å². The van der Waals surface area contributed by atoms with Gasteiger partial charge in [-0.3, -0.25) is 4.90 Å². The van der Waals surface area contributed by atoms with Gasteiger partial charge in [-0.1, -0.05) is 74.1 Å². The zero-order valence-electron chi connectivity index (χ0n) is 13.7. The normalized spacial score (nSPS) is 29.5. The highest BCUT2D eigenvalue weighted by Gasteiger charge is 2.34. The highest BCUT2D eigenvalue weighted by Crippen LogP contribution is 2.38. The number of rotatable bonds is 4. The summed E-state index contributed by atoms with van der Waals surface area (Å²) >= 11 is 0. The van der Waals surface area contributed by atoms with Crippen molar-refractivity contribution in [1.29, 1.82) is 0 Å². The van der Waals surface area contributed by atoms with Crippen molar-refractivity contribution in [1.82, 2.24) is 4.90 Å². The molecule has 118 valence electrons. The second-order valence-electron chi connectivity index (χ2n) is 7.69. The molecule has 0 aromatic heterocycles. The molecule has 0 radical (unpaired) electrons. The first-order valence-electron chi connectivity index (χ1n) is 9.38. The fourth-order valence-electron chi connectivity index (χ4n) is 4.98. The highest BCUT2D eigenvalue weighted by atomic mass is 15.2. The Morgan fingerprint density at radius 1 is 0.909 bits per heavy atom. The van der Waals surface area contributed by atoms with Crippen LogP contribution in [-0.4, -0.2) is 17.0 Å². The second kappa shape index (κ2) is 6.58. The van der Waals surface area contributed by atoms with Crippen LogP contribution in [0, 0.1) is 5.92 Å². The molecule has 22 heavy (non-hydrogen) atoms. The largest absolute Gasteiger partial charge is 0.289 e. The first kappa shape index (κ1) is 14.5. The van der Waals surface area contributed by atoms with Crippen LogP contribution in [0.3, 0.4) is 0 Å². The Balaban J connectivity index is 1.47. The molecule has 2 unspecified atom stereocenters. The lowest BCUT2D eigenvalue weighted by Gasteiger charge is -2.45. The van der Waals surface area contributed by atoms with E-state index < -0.39 is 0 Å². The molecule has 2 fully saturated rings. The molecule has 2 heterocycles. The van der Waals surface area contributed by atoms with Gasteiger partial charge in [0.2, 0.25) is 0 Å². The molecule has 0 amide bonds. The number of hydrogen-bond acceptors (Lipinski definition) is 1. The van der Waals surface area contributed by atoms with Gasteiger partial charge in [-0.2, -0.15) is 0 Å². The third kappa shape index (κ3) is 3.15. The van der Waals surface area contributed by atoms with Crippen molar-refractivity contribution in [3.8, 4) is 0 Å². The van der Waals surface area contributed by atoms with E-state index in [1.165, 1.54) is 63.4 Å². The van der Waals surface area contributed by atoms with Crippen molar-refractivity contribution in [3.05, 3.63) is 47.5 Å². The van der Waals surface area contributed by atoms with Gasteiger partial charge < -0.3 is 0 Å². The van der Waals surface area contributed by atoms with E-state index in [2.05, 4.69) is 41.3 Å². The van der Waals surface area contributed by atoms with Gasteiger partial charge in [0.05, 0.1) is 0 Å². The van der Waals surface area contributed by atoms with Gasteiger partial charge in [0.1, 0.15) is 0 Å². The summed E-state index contributed by atoms with van der Waals surface area (Å²) in [6.07, 6.45) is 15.6. The fourth-order valence-corrected chi connectivity index (χ4v) is 4.98. The molecule has 1 saturated carbocycles. The van der Waals surface area contributed by atoms with Crippen LogP contribution in [0.4, 0.5) is 0 Å². The lowest BCUT2D eigenvalue weighted by molar-refractivity contribution is 0.0869. The smallest absolute Gasteiger partial charge is 0.0287 e. The average Bonchev–Trinajstić information content (AvgIpc) is 3.02. The molecule has 1 aromatic carbocycles. The monoisotopic (exact) mass is 295 g/mol. The summed E-state index contributed by atoms with van der Waals surface area (Å²) in [5.41, 5.74) is 3.28. The van der Waals surface area contributed by atoms with Crippen molar-refractivity contribution in [3.63, 3.8) is 0 Å². The van der Waals surface area contributed by atoms with Crippen molar-refractivity contribution in [2.45, 2.75) is 76.4 Å². The predicted octanol–water partition coefficient (Wildman–Crippen LogP) is 5.32. The first-order chi connectivity index (χ1) is 10.9. The number of piperidine rings is 1. The van der Waals surface area contributed by atoms with Crippen molar-refractivity contribution >= 4 is 0 Å². The summed E-state index contributed by atoms with van der Waals surface area (Å²) in [4.78, 5) is 2.79. The second-order valence-corrected chi connectivity index (χ2v) is 7.69. The maximum Gasteiger partial charge on any atom is 0.0287 e. The molecule has 2 aliphatic heterocycles. The molecule has 0 spiro atoms. The number of nitrogens with zero attached hydrogens (tertiary/aromatic N) is 1. The molecule has 4 rings (SSSR count). The van der Waals surface area contributed by atoms with Gasteiger partial charge in [-0.25, -0.2) is 0 Å². The SMILES string of the molecule is C1=C(CC2CCCC2)CC2CCCC1N2Cc1ccccc1. The lowest BCUT2D eigenvalue weighted by atomic mass is 9.81. The fraction of sp³-hybridized carbons (Fsp3) is 0.619. The Morgan fingerprint density at radius 3 is 2.50 bits per heavy atom. The minimum atomic E-state index is 0.712. The Kier molecular flexibility index (Phi) is 4.34. The molecule has 1 heteroatoms. The van der Waals surface area contributed by atoms with Crippen LogP contribution in [0.5, 0.6) is 0 Å². The van der Waals surface area contributed by atoms with Gasteiger partial charge in [0.25, 0.3) is 0 Å². The van der Waals surface area contributed by atoms with E-state index >= 15 is 0 Å². The summed E-state index contributed by atoms with van der Waals surface area (Å²) in [6, 6.07) is 12.6. The van der Waals surface area contributed by atoms with E-state index in [-0.39, 0.29) is 0 Å². The third-order valence-corrected chi connectivity index (χ3v) is 6.09. The van der Waals surface area contributed by atoms with E-state index in [4.69, 9.17) is 0 Å². The molecule has 2 bridgehead atoms. The highest BCUT2D eigenvalue weighted by molar-refractivity contribution is 5.20. The van der Waals surface area contributed by atoms with Crippen molar-refractivity contribution in [2.75, 3.05) is 0 Å². The average molecular weight is 295 g/mol. The zero-order valence-corrected chi connectivity index (χ0v) is 13.7. The van der Waals surface area contributed by atoms with E-state index in [1.54, 1.807) is 5.57 Å². The Hall–Kier alpha value is -1.08. The minimum absolute atomic E-state index is 0.712. The van der Waals surface area contributed by atoms with Crippen LogP contribution in [0.15, 0.2) is 42.0 Å². The molecule has 1 nitrogen and oxygen atoms in total. The number of benzene rings is 1. The molecular formula is C21H29N. The Bertz CT molecular complexity index is 512. The Labute approximate surface area is 135 Å². The van der Waals surface area contributed by atoms with Crippen molar-refractivity contribution in [2.24, 2.45) is 5.92 Å². The summed E-state index contributed by atoms with van der Waals surface area (Å²) < 4.78 is 0. The van der Waals surface area contributed by atoms with Crippen LogP contribution in [-0.2, 0) is 6.54 Å². The van der Waals surface area contributed by atoms with E-state index in [0.717, 1.165) is 18.5 Å². The molecule has 1 saturated heterocycles. The maximum atomic E-state index is 2.79. The van der Waals surface area contributed by atoms with E-state index in [1.807, 2.05) is 0 Å². The quantitative estimate of drug-likeness (QED) is 0.679. The van der Waals surface area contributed by atoms with Gasteiger partial charge in [0, 0.05) is 18.6 Å². The third-order valence-electron chi connectivity index (χ3n) is 6.09. The molecule has 3 aliphatic rings. The van der Waals surface area contributed by atoms with Crippen molar-refractivity contribution < 1.29 is 0 Å². The van der Waals surface area contributed by atoms with Crippen LogP contribution in [0.2, 0.25) is 0 Å². The van der Waals surface area contributed by atoms with Crippen LogP contribution in [0.1, 0.15) is 63.4 Å². The molecule has 2 atom stereocenters. The summed E-state index contributed by atoms with van der Waals surface area (Å²) in [5.74, 6) is 1.01. The molecule has 1 aromatic rings. The summed E-state index contributed by atoms with van der Waals surface area (Å²) in [5, 5.41) is 0. The van der Waals surface area contributed by atoms with Crippen LogP contribution < -0.4 is 0 Å². The predicted molar refractivity (Wildman–Crippen MR) is 92.7 cm³/mol. The van der Waals surface area contributed by atoms with E-state index in [0.29, 0.717) is 6.04 Å². The molecule has 0 N–H and O–H groups in total.